The first kappa shape index (κ1) is 38.3. The highest BCUT2D eigenvalue weighted by Gasteiger charge is 2.63. The lowest BCUT2D eigenvalue weighted by Crippen LogP contribution is -2.58. The van der Waals surface area contributed by atoms with Gasteiger partial charge in [-0.2, -0.15) is 5.26 Å². The smallest absolute Gasteiger partial charge is 0.317 e. The summed E-state index contributed by atoms with van der Waals surface area (Å²) in [5.74, 6) is -1.03. The molecular weight excluding hydrogens is 742 g/mol. The van der Waals surface area contributed by atoms with Crippen LogP contribution in [0.1, 0.15) is 70.4 Å². The van der Waals surface area contributed by atoms with Gasteiger partial charge in [0.25, 0.3) is 15.9 Å². The number of carbonyl (C=O) groups excluding carboxylic acids is 3. The van der Waals surface area contributed by atoms with E-state index in [0.29, 0.717) is 57.5 Å². The van der Waals surface area contributed by atoms with Crippen molar-refractivity contribution in [1.82, 2.24) is 30.2 Å². The zero-order valence-electron chi connectivity index (χ0n) is 29.9. The van der Waals surface area contributed by atoms with Gasteiger partial charge in [-0.05, 0) is 56.6 Å². The Hall–Kier alpha value is -4.46. The number of hydrogen-bond acceptors (Lipinski definition) is 11. The van der Waals surface area contributed by atoms with Gasteiger partial charge in [-0.25, -0.2) is 27.9 Å². The predicted octanol–water partition coefficient (Wildman–Crippen LogP) is 5.04. The first-order valence-electron chi connectivity index (χ1n) is 17.5. The van der Waals surface area contributed by atoms with Crippen LogP contribution in [0.5, 0.6) is 11.5 Å². The lowest BCUT2D eigenvalue weighted by Gasteiger charge is -2.26. The van der Waals surface area contributed by atoms with Crippen LogP contribution in [-0.2, 0) is 19.6 Å². The molecule has 3 N–H and O–H groups in total. The molecule has 0 bridgehead atoms. The van der Waals surface area contributed by atoms with Crippen LogP contribution < -0.4 is 24.8 Å². The molecule has 53 heavy (non-hydrogen) atoms. The van der Waals surface area contributed by atoms with Gasteiger partial charge in [0.05, 0.1) is 31.0 Å². The number of thiazole rings is 1. The van der Waals surface area contributed by atoms with Crippen LogP contribution in [0.15, 0.2) is 35.7 Å². The van der Waals surface area contributed by atoms with Crippen molar-refractivity contribution in [3.05, 3.63) is 46.4 Å². The van der Waals surface area contributed by atoms with Gasteiger partial charge in [-0.3, -0.25) is 9.59 Å². The van der Waals surface area contributed by atoms with E-state index in [1.807, 2.05) is 17.5 Å². The maximum Gasteiger partial charge on any atom is 0.317 e. The molecule has 0 unspecified atom stereocenters. The highest BCUT2D eigenvalue weighted by atomic mass is 35.5. The molecule has 0 saturated heterocycles. The number of sulfonamides is 1. The second-order valence-corrected chi connectivity index (χ2v) is 17.2. The van der Waals surface area contributed by atoms with Crippen LogP contribution in [0, 0.1) is 17.2 Å². The molecule has 17 heteroatoms. The third-order valence-electron chi connectivity index (χ3n) is 9.92. The summed E-state index contributed by atoms with van der Waals surface area (Å²) in [5, 5.41) is 18.6. The summed E-state index contributed by atoms with van der Waals surface area (Å²) in [6, 6.07) is 5.37. The fourth-order valence-electron chi connectivity index (χ4n) is 6.21. The zero-order valence-corrected chi connectivity index (χ0v) is 32.3. The summed E-state index contributed by atoms with van der Waals surface area (Å²) in [4.78, 5) is 52.0. The number of pyridine rings is 1. The van der Waals surface area contributed by atoms with Gasteiger partial charge in [-0.1, -0.05) is 37.6 Å². The number of halogens is 1. The number of allylic oxidation sites excluding steroid dienone is 1. The molecule has 6 rings (SSSR count). The number of nitrogens with zero attached hydrogens (tertiary/aromatic N) is 4. The van der Waals surface area contributed by atoms with Gasteiger partial charge in [0.2, 0.25) is 5.91 Å². The van der Waals surface area contributed by atoms with E-state index in [1.165, 1.54) is 23.3 Å². The van der Waals surface area contributed by atoms with Crippen molar-refractivity contribution in [2.45, 2.75) is 81.0 Å². The van der Waals surface area contributed by atoms with Crippen LogP contribution in [0.4, 0.5) is 4.79 Å². The number of benzene rings is 1. The molecule has 2 fully saturated rings. The topological polar surface area (TPSA) is 193 Å². The SMILES string of the molecule is COc1ccc2c(OCC[C@@H]3NC(=O)N(C)CCCC/C=C\[C@@H]4C[C@@]4(C(=O)NS(=O)(=O)C4(C#N)CC4)NC3=O)cc(-c3nc(C(C)C)cs3)nc2c1Cl. The van der Waals surface area contributed by atoms with Gasteiger partial charge < -0.3 is 25.0 Å². The number of rotatable bonds is 10. The summed E-state index contributed by atoms with van der Waals surface area (Å²) >= 11 is 8.16. The number of methoxy groups -OCH3 is 1. The van der Waals surface area contributed by atoms with Crippen molar-refractivity contribution >= 4 is 61.7 Å². The number of urea groups is 1. The summed E-state index contributed by atoms with van der Waals surface area (Å²) in [6.07, 6.45) is 6.25. The maximum atomic E-state index is 14.0. The molecule has 0 spiro atoms. The fraction of sp³-hybridized carbons (Fsp3) is 0.500. The Labute approximate surface area is 317 Å². The molecule has 2 aliphatic carbocycles. The number of amides is 4. The minimum atomic E-state index is -4.32. The van der Waals surface area contributed by atoms with Crippen LogP contribution in [0.25, 0.3) is 21.6 Å². The van der Waals surface area contributed by atoms with E-state index in [2.05, 4.69) is 29.2 Å². The zero-order chi connectivity index (χ0) is 38.1. The minimum Gasteiger partial charge on any atom is -0.495 e. The Bertz CT molecular complexity index is 2110. The predicted molar refractivity (Wildman–Crippen MR) is 200 cm³/mol. The molecule has 282 valence electrons. The lowest BCUT2D eigenvalue weighted by molar-refractivity contribution is -0.130. The molecule has 0 radical (unpaired) electrons. The van der Waals surface area contributed by atoms with E-state index in [9.17, 15) is 28.1 Å². The van der Waals surface area contributed by atoms with Gasteiger partial charge >= 0.3 is 6.03 Å². The van der Waals surface area contributed by atoms with Crippen molar-refractivity contribution in [2.75, 3.05) is 27.3 Å². The molecule has 3 aromatic rings. The average molecular weight is 784 g/mol. The van der Waals surface area contributed by atoms with Gasteiger partial charge in [0.15, 0.2) is 4.75 Å². The number of ether oxygens (including phenoxy) is 2. The van der Waals surface area contributed by atoms with Gasteiger partial charge in [-0.15, -0.1) is 11.3 Å². The molecule has 4 amide bonds. The van der Waals surface area contributed by atoms with Crippen LogP contribution in [-0.4, -0.2) is 84.8 Å². The van der Waals surface area contributed by atoms with Crippen LogP contribution in [0.3, 0.4) is 0 Å². The van der Waals surface area contributed by atoms with Gasteiger partial charge in [0, 0.05) is 42.8 Å². The standard InChI is InChI=1S/C36H42ClN7O7S2/c1-21(2)26-19-52-32(40-26)25-17-28(23-10-11-27(50-4)29(37)30(23)39-25)51-16-12-24-31(45)42-36(33(46)43-53(48,49)35(20-38)13-14-35)18-22(36)9-7-5-6-8-15-44(3)34(47)41-24/h7,9-11,17,19,21-22,24H,5-6,8,12-16,18H2,1-4H3,(H,41,47)(H,42,45)(H,43,46)/b9-7-/t22-,24+,36-/m1/s1. The van der Waals surface area contributed by atoms with Gasteiger partial charge in [0.1, 0.15) is 38.8 Å². The third-order valence-corrected chi connectivity index (χ3v) is 13.2. The molecule has 14 nitrogen and oxygen atoms in total. The summed E-state index contributed by atoms with van der Waals surface area (Å²) < 4.78 is 38.2. The van der Waals surface area contributed by atoms with E-state index in [0.717, 1.165) is 12.1 Å². The summed E-state index contributed by atoms with van der Waals surface area (Å²) in [7, 11) is -1.18. The number of nitriles is 1. The highest BCUT2D eigenvalue weighted by molar-refractivity contribution is 7.92. The number of fused-ring (bicyclic) bond motifs is 2. The molecule has 3 atom stereocenters. The Balaban J connectivity index is 1.27. The van der Waals surface area contributed by atoms with E-state index in [-0.39, 0.29) is 38.2 Å². The molecule has 1 aromatic carbocycles. The fourth-order valence-corrected chi connectivity index (χ4v) is 8.81. The van der Waals surface area contributed by atoms with Crippen molar-refractivity contribution in [3.8, 4) is 28.3 Å². The Morgan fingerprint density at radius 1 is 1.23 bits per heavy atom. The summed E-state index contributed by atoms with van der Waals surface area (Å²) in [5.41, 5.74) is 0.303. The summed E-state index contributed by atoms with van der Waals surface area (Å²) in [6.45, 7) is 4.51. The largest absolute Gasteiger partial charge is 0.495 e. The molecule has 2 aromatic heterocycles. The second-order valence-electron chi connectivity index (χ2n) is 14.0. The normalized spacial score (nSPS) is 23.5. The molecule has 1 aliphatic heterocycles. The Kier molecular flexibility index (Phi) is 10.9. The number of hydrogen-bond donors (Lipinski definition) is 3. The van der Waals surface area contributed by atoms with Crippen molar-refractivity contribution in [2.24, 2.45) is 5.92 Å². The van der Waals surface area contributed by atoms with Crippen LogP contribution in [0.2, 0.25) is 5.02 Å². The van der Waals surface area contributed by atoms with E-state index < -0.39 is 50.1 Å². The number of nitrogens with one attached hydrogen (secondary N) is 3. The van der Waals surface area contributed by atoms with Crippen molar-refractivity contribution < 1.29 is 32.3 Å². The monoisotopic (exact) mass is 783 g/mol. The Morgan fingerprint density at radius 2 is 2.00 bits per heavy atom. The van der Waals surface area contributed by atoms with Crippen molar-refractivity contribution in [1.29, 1.82) is 5.26 Å². The average Bonchev–Trinajstić information content (AvgIpc) is 4.02. The Morgan fingerprint density at radius 3 is 2.68 bits per heavy atom. The first-order valence-corrected chi connectivity index (χ1v) is 20.2. The van der Waals surface area contributed by atoms with E-state index >= 15 is 0 Å². The minimum absolute atomic E-state index is 0.0166. The maximum absolute atomic E-state index is 14.0. The van der Waals surface area contributed by atoms with E-state index in [4.69, 9.17) is 31.0 Å². The number of aromatic nitrogens is 2. The molecule has 3 aliphatic rings. The quantitative estimate of drug-likeness (QED) is 0.235. The molecule has 2 saturated carbocycles. The third kappa shape index (κ3) is 7.78. The lowest BCUT2D eigenvalue weighted by atomic mass is 10.1. The highest BCUT2D eigenvalue weighted by Crippen LogP contribution is 2.47. The van der Waals surface area contributed by atoms with E-state index in [1.54, 1.807) is 31.3 Å². The molecular formula is C36H42ClN7O7S2. The molecule has 3 heterocycles. The first-order chi connectivity index (χ1) is 25.2. The van der Waals surface area contributed by atoms with Crippen LogP contribution >= 0.6 is 22.9 Å². The van der Waals surface area contributed by atoms with Crippen molar-refractivity contribution in [3.63, 3.8) is 0 Å². The second kappa shape index (κ2) is 15.1. The number of carbonyl (C=O) groups is 3.